The molecule has 0 unspecified atom stereocenters. The van der Waals surface area contributed by atoms with E-state index in [-0.39, 0.29) is 18.3 Å². The molecule has 1 amide bonds. The average molecular weight is 477 g/mol. The maximum atomic E-state index is 12.5. The van der Waals surface area contributed by atoms with Crippen LogP contribution in [0.5, 0.6) is 0 Å². The van der Waals surface area contributed by atoms with Crippen molar-refractivity contribution >= 4 is 41.3 Å². The van der Waals surface area contributed by atoms with Crippen LogP contribution in [-0.4, -0.2) is 61.5 Å². The Morgan fingerprint density at radius 2 is 1.59 bits per heavy atom. The molecule has 0 radical (unpaired) electrons. The highest BCUT2D eigenvalue weighted by molar-refractivity contribution is 6.30. The normalized spacial score (nSPS) is 17.6. The molecule has 0 aromatic heterocycles. The molecule has 32 heavy (non-hydrogen) atoms. The van der Waals surface area contributed by atoms with Gasteiger partial charge in [-0.3, -0.25) is 14.6 Å². The van der Waals surface area contributed by atoms with E-state index in [1.54, 1.807) is 0 Å². The lowest BCUT2D eigenvalue weighted by molar-refractivity contribution is -0.117. The number of amides is 1. The fraction of sp³-hybridized carbons (Fsp3) is 0.480. The van der Waals surface area contributed by atoms with Crippen molar-refractivity contribution in [1.82, 2.24) is 9.80 Å². The number of carbonyl (C=O) groups excluding carboxylic acids is 1. The number of nitrogens with one attached hydrogen (secondary N) is 1. The van der Waals surface area contributed by atoms with Gasteiger partial charge in [-0.1, -0.05) is 36.2 Å². The van der Waals surface area contributed by atoms with Crippen molar-refractivity contribution in [2.45, 2.75) is 32.7 Å². The summed E-state index contributed by atoms with van der Waals surface area (Å²) in [6.45, 7) is 9.48. The van der Waals surface area contributed by atoms with Crippen LogP contribution in [-0.2, 0) is 11.3 Å². The number of hydrogen-bond acceptors (Lipinski definition) is 4. The molecule has 4 rings (SSSR count). The van der Waals surface area contributed by atoms with Crippen LogP contribution in [0.4, 0.5) is 11.4 Å². The zero-order valence-electron chi connectivity index (χ0n) is 18.9. The van der Waals surface area contributed by atoms with Gasteiger partial charge in [0.25, 0.3) is 0 Å². The first kappa shape index (κ1) is 24.8. The van der Waals surface area contributed by atoms with E-state index in [2.05, 4.69) is 45.1 Å². The van der Waals surface area contributed by atoms with Crippen LogP contribution < -0.4 is 10.2 Å². The predicted molar refractivity (Wildman–Crippen MR) is 136 cm³/mol. The van der Waals surface area contributed by atoms with Gasteiger partial charge in [0, 0.05) is 49.1 Å². The van der Waals surface area contributed by atoms with E-state index in [0.29, 0.717) is 6.54 Å². The number of rotatable bonds is 6. The second kappa shape index (κ2) is 11.9. The molecular formula is C25H34Cl2N4O. The minimum Gasteiger partial charge on any atom is -0.369 e. The van der Waals surface area contributed by atoms with Crippen molar-refractivity contribution in [3.05, 3.63) is 58.6 Å². The molecule has 7 heteroatoms. The van der Waals surface area contributed by atoms with E-state index >= 15 is 0 Å². The van der Waals surface area contributed by atoms with Crippen molar-refractivity contribution < 1.29 is 4.79 Å². The van der Waals surface area contributed by atoms with E-state index in [4.69, 9.17) is 11.6 Å². The zero-order chi connectivity index (χ0) is 21.6. The number of hydrogen-bond donors (Lipinski definition) is 1. The third kappa shape index (κ3) is 6.85. The molecule has 0 bridgehead atoms. The van der Waals surface area contributed by atoms with Crippen LogP contribution in [0, 0.1) is 6.92 Å². The number of anilines is 2. The van der Waals surface area contributed by atoms with Crippen LogP contribution >= 0.6 is 24.0 Å². The average Bonchev–Trinajstić information content (AvgIpc) is 2.78. The van der Waals surface area contributed by atoms with Gasteiger partial charge < -0.3 is 10.2 Å². The Morgan fingerprint density at radius 3 is 2.28 bits per heavy atom. The molecule has 0 spiro atoms. The fourth-order valence-corrected chi connectivity index (χ4v) is 4.71. The van der Waals surface area contributed by atoms with Crippen molar-refractivity contribution in [3.63, 3.8) is 0 Å². The highest BCUT2D eigenvalue weighted by Crippen LogP contribution is 2.25. The monoisotopic (exact) mass is 476 g/mol. The number of aryl methyl sites for hydroxylation is 1. The van der Waals surface area contributed by atoms with Gasteiger partial charge in [-0.2, -0.15) is 0 Å². The maximum Gasteiger partial charge on any atom is 0.238 e. The molecular weight excluding hydrogens is 443 g/mol. The fourth-order valence-electron chi connectivity index (χ4n) is 4.54. The number of likely N-dealkylation sites (tertiary alicyclic amines) is 1. The Bertz CT molecular complexity index is 876. The summed E-state index contributed by atoms with van der Waals surface area (Å²) in [5.74, 6) is 0.0520. The first-order valence-electron chi connectivity index (χ1n) is 11.4. The highest BCUT2D eigenvalue weighted by Gasteiger charge is 2.20. The third-order valence-corrected chi connectivity index (χ3v) is 6.58. The van der Waals surface area contributed by atoms with E-state index in [1.807, 2.05) is 24.3 Å². The summed E-state index contributed by atoms with van der Waals surface area (Å²) >= 11 is 6.18. The van der Waals surface area contributed by atoms with Gasteiger partial charge in [0.2, 0.25) is 5.91 Å². The Labute approximate surface area is 203 Å². The molecule has 2 aromatic carbocycles. The quantitative estimate of drug-likeness (QED) is 0.648. The van der Waals surface area contributed by atoms with Crippen LogP contribution in [0.25, 0.3) is 0 Å². The zero-order valence-corrected chi connectivity index (χ0v) is 20.4. The van der Waals surface area contributed by atoms with Gasteiger partial charge in [0.05, 0.1) is 6.54 Å². The van der Waals surface area contributed by atoms with Crippen molar-refractivity contribution in [2.75, 3.05) is 56.0 Å². The number of benzene rings is 2. The Kier molecular flexibility index (Phi) is 9.23. The van der Waals surface area contributed by atoms with Crippen LogP contribution in [0.15, 0.2) is 42.5 Å². The van der Waals surface area contributed by atoms with Crippen LogP contribution in [0.1, 0.15) is 30.4 Å². The second-order valence-electron chi connectivity index (χ2n) is 8.78. The molecule has 2 aliphatic rings. The lowest BCUT2D eigenvalue weighted by Crippen LogP contribution is -2.48. The summed E-state index contributed by atoms with van der Waals surface area (Å²) in [4.78, 5) is 19.6. The first-order chi connectivity index (χ1) is 15.1. The SMILES string of the molecule is Cc1ccc(Cl)cc1N1CCN(CC(=O)Nc2ccc(CN3CCCCC3)cc2)CC1.Cl. The van der Waals surface area contributed by atoms with Gasteiger partial charge in [-0.05, 0) is 68.2 Å². The van der Waals surface area contributed by atoms with E-state index < -0.39 is 0 Å². The lowest BCUT2D eigenvalue weighted by atomic mass is 10.1. The Balaban J connectivity index is 0.00000289. The molecule has 1 N–H and O–H groups in total. The molecule has 2 aliphatic heterocycles. The lowest BCUT2D eigenvalue weighted by Gasteiger charge is -2.36. The molecule has 2 fully saturated rings. The number of piperidine rings is 1. The number of halogens is 2. The minimum absolute atomic E-state index is 0. The predicted octanol–water partition coefficient (Wildman–Crippen LogP) is 4.82. The van der Waals surface area contributed by atoms with Gasteiger partial charge in [0.15, 0.2) is 0 Å². The van der Waals surface area contributed by atoms with Gasteiger partial charge in [-0.25, -0.2) is 0 Å². The Hall–Kier alpha value is -1.79. The van der Waals surface area contributed by atoms with Crippen LogP contribution in [0.2, 0.25) is 5.02 Å². The van der Waals surface area contributed by atoms with E-state index in [1.165, 1.54) is 49.2 Å². The summed E-state index contributed by atoms with van der Waals surface area (Å²) in [6.07, 6.45) is 3.97. The first-order valence-corrected chi connectivity index (χ1v) is 11.8. The van der Waals surface area contributed by atoms with Crippen molar-refractivity contribution in [1.29, 1.82) is 0 Å². The smallest absolute Gasteiger partial charge is 0.238 e. The minimum atomic E-state index is 0. The summed E-state index contributed by atoms with van der Waals surface area (Å²) in [5, 5.41) is 3.82. The Morgan fingerprint density at radius 1 is 0.906 bits per heavy atom. The maximum absolute atomic E-state index is 12.5. The standard InChI is InChI=1S/C25H33ClN4O.ClH/c1-20-5-8-22(26)17-24(20)30-15-13-29(14-16-30)19-25(31)27-23-9-6-21(7-10-23)18-28-11-3-2-4-12-28;/h5-10,17H,2-4,11-16,18-19H2,1H3,(H,27,31);1H. The van der Waals surface area contributed by atoms with Crippen molar-refractivity contribution in [3.8, 4) is 0 Å². The molecule has 174 valence electrons. The highest BCUT2D eigenvalue weighted by atomic mass is 35.5. The molecule has 2 heterocycles. The summed E-state index contributed by atoms with van der Waals surface area (Å²) < 4.78 is 0. The summed E-state index contributed by atoms with van der Waals surface area (Å²) in [5.41, 5.74) is 4.62. The largest absolute Gasteiger partial charge is 0.369 e. The molecule has 5 nitrogen and oxygen atoms in total. The number of piperazine rings is 1. The molecule has 0 aliphatic carbocycles. The number of carbonyl (C=O) groups is 1. The topological polar surface area (TPSA) is 38.8 Å². The van der Waals surface area contributed by atoms with E-state index in [0.717, 1.165) is 43.4 Å². The molecule has 2 aromatic rings. The summed E-state index contributed by atoms with van der Waals surface area (Å²) in [7, 11) is 0. The van der Waals surface area contributed by atoms with E-state index in [9.17, 15) is 4.79 Å². The molecule has 0 saturated carbocycles. The molecule has 0 atom stereocenters. The number of nitrogens with zero attached hydrogens (tertiary/aromatic N) is 3. The van der Waals surface area contributed by atoms with Crippen LogP contribution in [0.3, 0.4) is 0 Å². The van der Waals surface area contributed by atoms with Crippen molar-refractivity contribution in [2.24, 2.45) is 0 Å². The van der Waals surface area contributed by atoms with Gasteiger partial charge in [-0.15, -0.1) is 12.4 Å². The summed E-state index contributed by atoms with van der Waals surface area (Å²) in [6, 6.07) is 14.4. The second-order valence-corrected chi connectivity index (χ2v) is 9.21. The molecule has 2 saturated heterocycles. The van der Waals surface area contributed by atoms with Gasteiger partial charge in [0.1, 0.15) is 0 Å². The third-order valence-electron chi connectivity index (χ3n) is 6.34. The van der Waals surface area contributed by atoms with Gasteiger partial charge >= 0.3 is 0 Å².